The minimum atomic E-state index is -1.13. The van der Waals surface area contributed by atoms with Crippen molar-refractivity contribution in [1.82, 2.24) is 0 Å². The first-order chi connectivity index (χ1) is 15.6. The molecule has 0 aliphatic rings. The number of esters is 1. The Morgan fingerprint density at radius 1 is 0.938 bits per heavy atom. The molecule has 0 heterocycles. The predicted molar refractivity (Wildman–Crippen MR) is 124 cm³/mol. The second-order valence-corrected chi connectivity index (χ2v) is 6.75. The number of methoxy groups -OCH3 is 1. The summed E-state index contributed by atoms with van der Waals surface area (Å²) in [6.45, 7) is 2.32. The SMILES string of the molecule is CCOc1ccccc1NC(=O)C(OC(=O)/C=C/c1ccc(OC)cc1)c1ccccc1. The third-order valence-corrected chi connectivity index (χ3v) is 4.55. The molecule has 1 atom stereocenters. The van der Waals surface area contributed by atoms with Crippen molar-refractivity contribution in [3.05, 3.63) is 96.1 Å². The number of nitrogens with one attached hydrogen (secondary N) is 1. The molecule has 6 heteroatoms. The third-order valence-electron chi connectivity index (χ3n) is 4.55. The van der Waals surface area contributed by atoms with E-state index in [1.807, 2.05) is 31.2 Å². The number of amides is 1. The number of ether oxygens (including phenoxy) is 3. The normalized spacial score (nSPS) is 11.6. The molecule has 0 bridgehead atoms. The van der Waals surface area contributed by atoms with Crippen LogP contribution >= 0.6 is 0 Å². The lowest BCUT2D eigenvalue weighted by molar-refractivity contribution is -0.149. The van der Waals surface area contributed by atoms with Gasteiger partial charge < -0.3 is 19.5 Å². The Kier molecular flexibility index (Phi) is 8.03. The second-order valence-electron chi connectivity index (χ2n) is 6.75. The van der Waals surface area contributed by atoms with E-state index in [4.69, 9.17) is 14.2 Å². The van der Waals surface area contributed by atoms with Crippen LogP contribution < -0.4 is 14.8 Å². The molecular formula is C26H25NO5. The van der Waals surface area contributed by atoms with Gasteiger partial charge in [-0.25, -0.2) is 4.79 Å². The van der Waals surface area contributed by atoms with Gasteiger partial charge in [-0.15, -0.1) is 0 Å². The molecule has 3 aromatic carbocycles. The Balaban J connectivity index is 1.76. The van der Waals surface area contributed by atoms with Crippen molar-refractivity contribution in [2.24, 2.45) is 0 Å². The summed E-state index contributed by atoms with van der Waals surface area (Å²) in [5.74, 6) is 0.149. The van der Waals surface area contributed by atoms with E-state index in [1.165, 1.54) is 6.08 Å². The first-order valence-corrected chi connectivity index (χ1v) is 10.2. The zero-order valence-electron chi connectivity index (χ0n) is 18.0. The standard InChI is InChI=1S/C26H25NO5/c1-3-31-23-12-8-7-11-22(23)27-26(29)25(20-9-5-4-6-10-20)32-24(28)18-15-19-13-16-21(30-2)17-14-19/h4-18,25H,3H2,1-2H3,(H,27,29)/b18-15+. The molecule has 0 aliphatic carbocycles. The number of rotatable bonds is 9. The van der Waals surface area contributed by atoms with Crippen LogP contribution in [0.25, 0.3) is 6.08 Å². The quantitative estimate of drug-likeness (QED) is 0.380. The first-order valence-electron chi connectivity index (χ1n) is 10.2. The highest BCUT2D eigenvalue weighted by molar-refractivity contribution is 5.98. The summed E-state index contributed by atoms with van der Waals surface area (Å²) >= 11 is 0. The summed E-state index contributed by atoms with van der Waals surface area (Å²) in [4.78, 5) is 25.6. The molecule has 0 spiro atoms. The molecule has 0 aromatic heterocycles. The zero-order valence-corrected chi connectivity index (χ0v) is 18.0. The van der Waals surface area contributed by atoms with Crippen LogP contribution in [0.2, 0.25) is 0 Å². The van der Waals surface area contributed by atoms with E-state index in [0.717, 1.165) is 11.3 Å². The highest BCUT2D eigenvalue weighted by Crippen LogP contribution is 2.27. The van der Waals surface area contributed by atoms with E-state index < -0.39 is 18.0 Å². The fourth-order valence-electron chi connectivity index (χ4n) is 2.99. The molecular weight excluding hydrogens is 406 g/mol. The van der Waals surface area contributed by atoms with Crippen LogP contribution in [0.15, 0.2) is 84.9 Å². The van der Waals surface area contributed by atoms with Crippen molar-refractivity contribution < 1.29 is 23.8 Å². The van der Waals surface area contributed by atoms with Crippen LogP contribution in [0.3, 0.4) is 0 Å². The molecule has 0 aliphatic heterocycles. The van der Waals surface area contributed by atoms with Crippen LogP contribution in [0.4, 0.5) is 5.69 Å². The number of para-hydroxylation sites is 2. The smallest absolute Gasteiger partial charge is 0.331 e. The summed E-state index contributed by atoms with van der Waals surface area (Å²) in [6, 6.07) is 23.2. The number of hydrogen-bond acceptors (Lipinski definition) is 5. The third kappa shape index (κ3) is 6.22. The molecule has 0 radical (unpaired) electrons. The predicted octanol–water partition coefficient (Wildman–Crippen LogP) is 5.03. The number of benzene rings is 3. The molecule has 3 aromatic rings. The molecule has 1 unspecified atom stereocenters. The molecule has 1 N–H and O–H groups in total. The van der Waals surface area contributed by atoms with Gasteiger partial charge in [-0.2, -0.15) is 0 Å². The second kappa shape index (κ2) is 11.4. The Bertz CT molecular complexity index is 1060. The van der Waals surface area contributed by atoms with Crippen molar-refractivity contribution in [3.63, 3.8) is 0 Å². The minimum Gasteiger partial charge on any atom is -0.497 e. The summed E-state index contributed by atoms with van der Waals surface area (Å²) in [6.07, 6.45) is 1.78. The molecule has 0 saturated heterocycles. The molecule has 0 saturated carbocycles. The van der Waals surface area contributed by atoms with Crippen LogP contribution in [-0.4, -0.2) is 25.6 Å². The van der Waals surface area contributed by atoms with Gasteiger partial charge in [0.2, 0.25) is 6.10 Å². The lowest BCUT2D eigenvalue weighted by atomic mass is 10.1. The van der Waals surface area contributed by atoms with E-state index in [9.17, 15) is 9.59 Å². The molecule has 164 valence electrons. The van der Waals surface area contributed by atoms with Crippen molar-refractivity contribution in [1.29, 1.82) is 0 Å². The average molecular weight is 431 g/mol. The summed E-state index contributed by atoms with van der Waals surface area (Å²) < 4.78 is 16.2. The number of carbonyl (C=O) groups excluding carboxylic acids is 2. The van der Waals surface area contributed by atoms with Crippen LogP contribution in [-0.2, 0) is 14.3 Å². The van der Waals surface area contributed by atoms with Gasteiger partial charge in [-0.3, -0.25) is 4.79 Å². The first kappa shape index (κ1) is 22.6. The minimum absolute atomic E-state index is 0.458. The fourth-order valence-corrected chi connectivity index (χ4v) is 2.99. The van der Waals surface area contributed by atoms with Crippen molar-refractivity contribution in [2.45, 2.75) is 13.0 Å². The maximum absolute atomic E-state index is 13.1. The maximum atomic E-state index is 13.1. The molecule has 3 rings (SSSR count). The van der Waals surface area contributed by atoms with Gasteiger partial charge in [0.1, 0.15) is 11.5 Å². The van der Waals surface area contributed by atoms with Gasteiger partial charge >= 0.3 is 5.97 Å². The van der Waals surface area contributed by atoms with E-state index in [1.54, 1.807) is 67.8 Å². The maximum Gasteiger partial charge on any atom is 0.331 e. The Labute approximate surface area is 187 Å². The molecule has 32 heavy (non-hydrogen) atoms. The summed E-state index contributed by atoms with van der Waals surface area (Å²) in [7, 11) is 1.59. The lowest BCUT2D eigenvalue weighted by Crippen LogP contribution is -2.25. The number of hydrogen-bond donors (Lipinski definition) is 1. The van der Waals surface area contributed by atoms with E-state index in [0.29, 0.717) is 23.6 Å². The van der Waals surface area contributed by atoms with Gasteiger partial charge in [0, 0.05) is 11.6 Å². The van der Waals surface area contributed by atoms with Crippen LogP contribution in [0.5, 0.6) is 11.5 Å². The highest BCUT2D eigenvalue weighted by Gasteiger charge is 2.25. The van der Waals surface area contributed by atoms with Crippen LogP contribution in [0.1, 0.15) is 24.2 Å². The van der Waals surface area contributed by atoms with Gasteiger partial charge in [0.15, 0.2) is 0 Å². The molecule has 1 amide bonds. The Morgan fingerprint density at radius 2 is 1.62 bits per heavy atom. The Hall–Kier alpha value is -4.06. The van der Waals surface area contributed by atoms with Gasteiger partial charge in [0.05, 0.1) is 19.4 Å². The van der Waals surface area contributed by atoms with Gasteiger partial charge in [0.25, 0.3) is 5.91 Å². The summed E-state index contributed by atoms with van der Waals surface area (Å²) in [5, 5.41) is 2.81. The fraction of sp³-hybridized carbons (Fsp3) is 0.154. The van der Waals surface area contributed by atoms with Gasteiger partial charge in [-0.05, 0) is 42.8 Å². The molecule has 6 nitrogen and oxygen atoms in total. The van der Waals surface area contributed by atoms with Gasteiger partial charge in [-0.1, -0.05) is 54.6 Å². The Morgan fingerprint density at radius 3 is 2.31 bits per heavy atom. The number of carbonyl (C=O) groups is 2. The van der Waals surface area contributed by atoms with Crippen molar-refractivity contribution in [3.8, 4) is 11.5 Å². The summed E-state index contributed by atoms with van der Waals surface area (Å²) in [5.41, 5.74) is 1.87. The topological polar surface area (TPSA) is 73.9 Å². The molecule has 0 fully saturated rings. The van der Waals surface area contributed by atoms with E-state index in [2.05, 4.69) is 5.32 Å². The lowest BCUT2D eigenvalue weighted by Gasteiger charge is -2.18. The van der Waals surface area contributed by atoms with E-state index >= 15 is 0 Å². The zero-order chi connectivity index (χ0) is 22.8. The van der Waals surface area contributed by atoms with Crippen LogP contribution in [0, 0.1) is 0 Å². The van der Waals surface area contributed by atoms with Crippen molar-refractivity contribution >= 4 is 23.6 Å². The monoisotopic (exact) mass is 431 g/mol. The highest BCUT2D eigenvalue weighted by atomic mass is 16.5. The van der Waals surface area contributed by atoms with Crippen molar-refractivity contribution in [2.75, 3.05) is 19.0 Å². The van der Waals surface area contributed by atoms with E-state index in [-0.39, 0.29) is 0 Å². The largest absolute Gasteiger partial charge is 0.497 e. The average Bonchev–Trinajstić information content (AvgIpc) is 2.83. The number of anilines is 1.